The van der Waals surface area contributed by atoms with Crippen LogP contribution >= 0.6 is 0 Å². The Morgan fingerprint density at radius 2 is 2.00 bits per heavy atom. The number of nitrogens with one attached hydrogen (secondary N) is 2. The largest absolute Gasteiger partial charge is 0.381 e. The molecule has 0 bridgehead atoms. The first-order valence-electron chi connectivity index (χ1n) is 10.9. The van der Waals surface area contributed by atoms with E-state index in [9.17, 15) is 9.59 Å². The van der Waals surface area contributed by atoms with Crippen molar-refractivity contribution in [2.45, 2.75) is 39.0 Å². The van der Waals surface area contributed by atoms with E-state index in [4.69, 9.17) is 4.74 Å². The molecule has 7 nitrogen and oxygen atoms in total. The summed E-state index contributed by atoms with van der Waals surface area (Å²) in [6, 6.07) is 9.31. The molecule has 0 unspecified atom stereocenters. The molecule has 2 aliphatic rings. The molecule has 4 rings (SSSR count). The van der Waals surface area contributed by atoms with Gasteiger partial charge in [-0.05, 0) is 48.6 Å². The molecule has 2 aliphatic heterocycles. The maximum Gasteiger partial charge on any atom is 0.259 e. The number of amides is 2. The van der Waals surface area contributed by atoms with Crippen LogP contribution in [-0.2, 0) is 14.9 Å². The zero-order chi connectivity index (χ0) is 22.0. The zero-order valence-corrected chi connectivity index (χ0v) is 18.4. The van der Waals surface area contributed by atoms with Crippen molar-refractivity contribution in [1.82, 2.24) is 4.98 Å². The molecule has 1 saturated heterocycles. The van der Waals surface area contributed by atoms with Crippen LogP contribution in [0.15, 0.2) is 36.5 Å². The summed E-state index contributed by atoms with van der Waals surface area (Å²) in [5.74, 6) is 0.875. The Labute approximate surface area is 183 Å². The van der Waals surface area contributed by atoms with Gasteiger partial charge in [-0.2, -0.15) is 0 Å². The van der Waals surface area contributed by atoms with E-state index in [1.54, 1.807) is 30.2 Å². The van der Waals surface area contributed by atoms with Crippen LogP contribution in [0.25, 0.3) is 0 Å². The lowest BCUT2D eigenvalue weighted by molar-refractivity contribution is -0.116. The van der Waals surface area contributed by atoms with Gasteiger partial charge < -0.3 is 20.3 Å². The fourth-order valence-electron chi connectivity index (χ4n) is 4.37. The molecule has 2 N–H and O–H groups in total. The van der Waals surface area contributed by atoms with Gasteiger partial charge >= 0.3 is 0 Å². The highest BCUT2D eigenvalue weighted by Gasteiger charge is 2.37. The predicted octanol–water partition coefficient (Wildman–Crippen LogP) is 3.82. The molecule has 0 radical (unpaired) electrons. The van der Waals surface area contributed by atoms with Crippen molar-refractivity contribution in [3.05, 3.63) is 47.7 Å². The topological polar surface area (TPSA) is 83.6 Å². The zero-order valence-electron chi connectivity index (χ0n) is 18.4. The lowest BCUT2D eigenvalue weighted by Gasteiger charge is -2.23. The normalized spacial score (nSPS) is 17.8. The molecule has 1 fully saturated rings. The minimum absolute atomic E-state index is 0.00200. The molecule has 2 aromatic rings. The molecule has 1 aromatic heterocycles. The Morgan fingerprint density at radius 3 is 2.74 bits per heavy atom. The van der Waals surface area contributed by atoms with Crippen molar-refractivity contribution in [3.63, 3.8) is 0 Å². The lowest BCUT2D eigenvalue weighted by atomic mass is 9.87. The highest BCUT2D eigenvalue weighted by molar-refractivity contribution is 6.08. The standard InChI is InChI=1S/C24H30N4O3/c1-16(29)28-15-24(2,3)20-7-6-18(13-21(20)28)27-23(30)19-5-4-10-25-22(19)26-14-17-8-11-31-12-9-17/h4-7,10,13,17H,8-9,11-12,14-15H2,1-3H3,(H,25,26)(H,27,30). The van der Waals surface area contributed by atoms with Gasteiger partial charge in [-0.15, -0.1) is 0 Å². The van der Waals surface area contributed by atoms with Gasteiger partial charge in [-0.25, -0.2) is 4.98 Å². The average Bonchev–Trinajstić information content (AvgIpc) is 3.04. The van der Waals surface area contributed by atoms with Gasteiger partial charge in [0.1, 0.15) is 5.82 Å². The van der Waals surface area contributed by atoms with Gasteiger partial charge in [0.05, 0.1) is 5.56 Å². The summed E-state index contributed by atoms with van der Waals surface area (Å²) in [6.07, 6.45) is 3.71. The second-order valence-electron chi connectivity index (χ2n) is 9.01. The summed E-state index contributed by atoms with van der Waals surface area (Å²) >= 11 is 0. The van der Waals surface area contributed by atoms with Crippen LogP contribution in [0.4, 0.5) is 17.2 Å². The summed E-state index contributed by atoms with van der Waals surface area (Å²) in [6.45, 7) is 8.79. The number of hydrogen-bond donors (Lipinski definition) is 2. The number of anilines is 3. The van der Waals surface area contributed by atoms with Crippen LogP contribution in [0, 0.1) is 5.92 Å². The molecule has 0 saturated carbocycles. The Kier molecular flexibility index (Phi) is 5.96. The molecule has 2 amide bonds. The number of fused-ring (bicyclic) bond motifs is 1. The highest BCUT2D eigenvalue weighted by atomic mass is 16.5. The Morgan fingerprint density at radius 1 is 1.23 bits per heavy atom. The first-order chi connectivity index (χ1) is 14.8. The van der Waals surface area contributed by atoms with Gasteiger partial charge in [-0.3, -0.25) is 9.59 Å². The van der Waals surface area contributed by atoms with E-state index in [0.717, 1.165) is 43.9 Å². The minimum Gasteiger partial charge on any atom is -0.381 e. The van der Waals surface area contributed by atoms with E-state index < -0.39 is 0 Å². The number of hydrogen-bond acceptors (Lipinski definition) is 5. The molecule has 0 spiro atoms. The van der Waals surface area contributed by atoms with E-state index in [0.29, 0.717) is 29.5 Å². The van der Waals surface area contributed by atoms with Crippen molar-refractivity contribution in [2.24, 2.45) is 5.92 Å². The van der Waals surface area contributed by atoms with E-state index in [1.807, 2.05) is 18.2 Å². The molecule has 3 heterocycles. The molecule has 0 atom stereocenters. The van der Waals surface area contributed by atoms with Crippen LogP contribution in [0.2, 0.25) is 0 Å². The van der Waals surface area contributed by atoms with Crippen LogP contribution in [0.3, 0.4) is 0 Å². The second kappa shape index (κ2) is 8.67. The summed E-state index contributed by atoms with van der Waals surface area (Å²) < 4.78 is 5.41. The maximum atomic E-state index is 13.0. The third-order valence-corrected chi connectivity index (χ3v) is 6.16. The molecule has 164 valence electrons. The maximum absolute atomic E-state index is 13.0. The highest BCUT2D eigenvalue weighted by Crippen LogP contribution is 2.41. The van der Waals surface area contributed by atoms with Gasteiger partial charge in [-0.1, -0.05) is 19.9 Å². The number of aromatic nitrogens is 1. The first-order valence-corrected chi connectivity index (χ1v) is 10.9. The van der Waals surface area contributed by atoms with E-state index >= 15 is 0 Å². The van der Waals surface area contributed by atoms with Gasteiger partial charge in [0, 0.05) is 56.2 Å². The third kappa shape index (κ3) is 4.56. The fraction of sp³-hybridized carbons (Fsp3) is 0.458. The van der Waals surface area contributed by atoms with Gasteiger partial charge in [0.25, 0.3) is 5.91 Å². The SMILES string of the molecule is CC(=O)N1CC(C)(C)c2ccc(NC(=O)c3cccnc3NCC3CCOCC3)cc21. The Balaban J connectivity index is 1.50. The number of ether oxygens (including phenoxy) is 1. The van der Waals surface area contributed by atoms with E-state index in [2.05, 4.69) is 29.5 Å². The molecule has 1 aromatic carbocycles. The fourth-order valence-corrected chi connectivity index (χ4v) is 4.37. The third-order valence-electron chi connectivity index (χ3n) is 6.16. The monoisotopic (exact) mass is 422 g/mol. The Hall–Kier alpha value is -2.93. The molecule has 31 heavy (non-hydrogen) atoms. The van der Waals surface area contributed by atoms with Crippen LogP contribution in [-0.4, -0.2) is 43.1 Å². The summed E-state index contributed by atoms with van der Waals surface area (Å²) in [4.78, 5) is 31.3. The second-order valence-corrected chi connectivity index (χ2v) is 9.01. The average molecular weight is 423 g/mol. The van der Waals surface area contributed by atoms with Crippen molar-refractivity contribution in [2.75, 3.05) is 41.8 Å². The van der Waals surface area contributed by atoms with Gasteiger partial charge in [0.2, 0.25) is 5.91 Å². The number of nitrogens with zero attached hydrogens (tertiary/aromatic N) is 2. The van der Waals surface area contributed by atoms with Crippen LogP contribution in [0.1, 0.15) is 49.5 Å². The number of rotatable bonds is 5. The van der Waals surface area contributed by atoms with Crippen LogP contribution in [0.5, 0.6) is 0 Å². The number of carbonyl (C=O) groups is 2. The smallest absolute Gasteiger partial charge is 0.259 e. The van der Waals surface area contributed by atoms with Crippen molar-refractivity contribution in [3.8, 4) is 0 Å². The molecule has 0 aliphatic carbocycles. The summed E-state index contributed by atoms with van der Waals surface area (Å²) in [5.41, 5.74) is 3.01. The Bertz CT molecular complexity index is 983. The molecular formula is C24H30N4O3. The number of pyridine rings is 1. The van der Waals surface area contributed by atoms with E-state index in [1.165, 1.54) is 0 Å². The molecule has 7 heteroatoms. The van der Waals surface area contributed by atoms with Gasteiger partial charge in [0.15, 0.2) is 0 Å². The number of benzene rings is 1. The number of carbonyl (C=O) groups excluding carboxylic acids is 2. The first kappa shape index (κ1) is 21.3. The summed E-state index contributed by atoms with van der Waals surface area (Å²) in [5, 5.41) is 6.32. The van der Waals surface area contributed by atoms with E-state index in [-0.39, 0.29) is 17.2 Å². The van der Waals surface area contributed by atoms with Crippen molar-refractivity contribution in [1.29, 1.82) is 0 Å². The quantitative estimate of drug-likeness (QED) is 0.765. The lowest BCUT2D eigenvalue weighted by Crippen LogP contribution is -2.32. The van der Waals surface area contributed by atoms with Crippen LogP contribution < -0.4 is 15.5 Å². The van der Waals surface area contributed by atoms with Crippen molar-refractivity contribution < 1.29 is 14.3 Å². The molecular weight excluding hydrogens is 392 g/mol. The van der Waals surface area contributed by atoms with Crippen molar-refractivity contribution >= 4 is 29.0 Å². The summed E-state index contributed by atoms with van der Waals surface area (Å²) in [7, 11) is 0. The predicted molar refractivity (Wildman–Crippen MR) is 122 cm³/mol. The minimum atomic E-state index is -0.228.